The Morgan fingerprint density at radius 2 is 1.93 bits per heavy atom. The third kappa shape index (κ3) is 4.68. The smallest absolute Gasteiger partial charge is 0.230 e. The van der Waals surface area contributed by atoms with Gasteiger partial charge in [0.15, 0.2) is 5.76 Å². The van der Waals surface area contributed by atoms with E-state index in [0.717, 1.165) is 11.1 Å². The summed E-state index contributed by atoms with van der Waals surface area (Å²) in [6, 6.07) is 20.6. The highest BCUT2D eigenvalue weighted by Gasteiger charge is 2.12. The SMILES string of the molecule is Cc1cc(NC(=O)Cc2cc(-c3ccccc3)on2)ccc1Oc1cccnc1. The first-order chi connectivity index (χ1) is 14.2. The minimum absolute atomic E-state index is 0.128. The topological polar surface area (TPSA) is 77.2 Å². The molecule has 1 N–H and O–H groups in total. The van der Waals surface area contributed by atoms with Crippen LogP contribution >= 0.6 is 0 Å². The van der Waals surface area contributed by atoms with E-state index in [4.69, 9.17) is 9.26 Å². The second-order valence-electron chi connectivity index (χ2n) is 6.54. The molecule has 2 heterocycles. The number of ether oxygens (including phenoxy) is 1. The van der Waals surface area contributed by atoms with Crippen LogP contribution in [0.4, 0.5) is 5.69 Å². The van der Waals surface area contributed by atoms with Crippen molar-refractivity contribution in [1.29, 1.82) is 0 Å². The van der Waals surface area contributed by atoms with Crippen LogP contribution in [0.5, 0.6) is 11.5 Å². The van der Waals surface area contributed by atoms with Crippen LogP contribution in [-0.4, -0.2) is 16.0 Å². The van der Waals surface area contributed by atoms with Gasteiger partial charge >= 0.3 is 0 Å². The highest BCUT2D eigenvalue weighted by atomic mass is 16.5. The maximum Gasteiger partial charge on any atom is 0.230 e. The number of aryl methyl sites for hydroxylation is 1. The molecule has 6 heteroatoms. The van der Waals surface area contributed by atoms with Gasteiger partial charge in [-0.2, -0.15) is 0 Å². The van der Waals surface area contributed by atoms with Gasteiger partial charge in [0.2, 0.25) is 5.91 Å². The van der Waals surface area contributed by atoms with E-state index >= 15 is 0 Å². The summed E-state index contributed by atoms with van der Waals surface area (Å²) >= 11 is 0. The number of benzene rings is 2. The average molecular weight is 385 g/mol. The van der Waals surface area contributed by atoms with Crippen LogP contribution in [0.3, 0.4) is 0 Å². The van der Waals surface area contributed by atoms with E-state index in [1.165, 1.54) is 0 Å². The summed E-state index contributed by atoms with van der Waals surface area (Å²) in [5, 5.41) is 6.87. The van der Waals surface area contributed by atoms with Gasteiger partial charge in [-0.05, 0) is 42.8 Å². The molecule has 29 heavy (non-hydrogen) atoms. The largest absolute Gasteiger partial charge is 0.455 e. The zero-order valence-electron chi connectivity index (χ0n) is 15.8. The first kappa shape index (κ1) is 18.4. The Balaban J connectivity index is 1.38. The lowest BCUT2D eigenvalue weighted by Crippen LogP contribution is -2.14. The van der Waals surface area contributed by atoms with Crippen molar-refractivity contribution in [1.82, 2.24) is 10.1 Å². The molecule has 4 aromatic rings. The van der Waals surface area contributed by atoms with Crippen molar-refractivity contribution in [3.8, 4) is 22.8 Å². The van der Waals surface area contributed by atoms with Crippen LogP contribution in [0.2, 0.25) is 0 Å². The molecule has 0 atom stereocenters. The van der Waals surface area contributed by atoms with Crippen LogP contribution in [0.15, 0.2) is 83.6 Å². The van der Waals surface area contributed by atoms with E-state index in [1.807, 2.05) is 61.5 Å². The van der Waals surface area contributed by atoms with Crippen LogP contribution < -0.4 is 10.1 Å². The molecule has 0 unspecified atom stereocenters. The quantitative estimate of drug-likeness (QED) is 0.504. The third-order valence-electron chi connectivity index (χ3n) is 4.28. The lowest BCUT2D eigenvalue weighted by atomic mass is 10.1. The molecule has 0 fully saturated rings. The van der Waals surface area contributed by atoms with Gasteiger partial charge in [-0.25, -0.2) is 0 Å². The highest BCUT2D eigenvalue weighted by molar-refractivity contribution is 5.92. The summed E-state index contributed by atoms with van der Waals surface area (Å²) in [5.41, 5.74) is 3.10. The fourth-order valence-corrected chi connectivity index (χ4v) is 2.88. The zero-order chi connectivity index (χ0) is 20.1. The number of hydrogen-bond donors (Lipinski definition) is 1. The normalized spacial score (nSPS) is 10.5. The summed E-state index contributed by atoms with van der Waals surface area (Å²) in [7, 11) is 0. The number of aromatic nitrogens is 2. The second kappa shape index (κ2) is 8.39. The minimum Gasteiger partial charge on any atom is -0.455 e. The summed E-state index contributed by atoms with van der Waals surface area (Å²) < 4.78 is 11.2. The zero-order valence-corrected chi connectivity index (χ0v) is 15.8. The van der Waals surface area contributed by atoms with E-state index in [1.54, 1.807) is 24.5 Å². The van der Waals surface area contributed by atoms with Crippen molar-refractivity contribution in [2.75, 3.05) is 5.32 Å². The van der Waals surface area contributed by atoms with Gasteiger partial charge < -0.3 is 14.6 Å². The molecule has 0 aliphatic heterocycles. The van der Waals surface area contributed by atoms with E-state index in [0.29, 0.717) is 28.6 Å². The molecule has 1 amide bonds. The number of rotatable bonds is 6. The number of anilines is 1. The number of carbonyl (C=O) groups excluding carboxylic acids is 1. The maximum atomic E-state index is 12.4. The fraction of sp³-hybridized carbons (Fsp3) is 0.0870. The first-order valence-electron chi connectivity index (χ1n) is 9.17. The Morgan fingerprint density at radius 3 is 2.69 bits per heavy atom. The number of amides is 1. The van der Waals surface area contributed by atoms with E-state index in [-0.39, 0.29) is 12.3 Å². The Hall–Kier alpha value is -3.93. The molecule has 144 valence electrons. The van der Waals surface area contributed by atoms with Gasteiger partial charge in [0, 0.05) is 23.5 Å². The van der Waals surface area contributed by atoms with Crippen LogP contribution in [0.25, 0.3) is 11.3 Å². The summed E-state index contributed by atoms with van der Waals surface area (Å²) in [6.07, 6.45) is 3.47. The van der Waals surface area contributed by atoms with Gasteiger partial charge in [0.05, 0.1) is 18.3 Å². The summed E-state index contributed by atoms with van der Waals surface area (Å²) in [4.78, 5) is 16.4. The molecular formula is C23H19N3O3. The maximum absolute atomic E-state index is 12.4. The van der Waals surface area contributed by atoms with Crippen molar-refractivity contribution < 1.29 is 14.1 Å². The molecule has 2 aromatic carbocycles. The molecule has 0 radical (unpaired) electrons. The van der Waals surface area contributed by atoms with Gasteiger partial charge in [0.25, 0.3) is 0 Å². The van der Waals surface area contributed by atoms with E-state index < -0.39 is 0 Å². The third-order valence-corrected chi connectivity index (χ3v) is 4.28. The average Bonchev–Trinajstić information content (AvgIpc) is 3.20. The van der Waals surface area contributed by atoms with Gasteiger partial charge in [0.1, 0.15) is 11.5 Å². The molecule has 6 nitrogen and oxygen atoms in total. The number of nitrogens with zero attached hydrogens (tertiary/aromatic N) is 2. The predicted molar refractivity (Wildman–Crippen MR) is 110 cm³/mol. The van der Waals surface area contributed by atoms with E-state index in [9.17, 15) is 4.79 Å². The molecule has 0 saturated carbocycles. The first-order valence-corrected chi connectivity index (χ1v) is 9.17. The molecule has 0 aliphatic rings. The number of nitrogens with one attached hydrogen (secondary N) is 1. The standard InChI is InChI=1S/C23H19N3O3/c1-16-12-18(9-10-21(16)28-20-8-5-11-24-15-20)25-23(27)14-19-13-22(29-26-19)17-6-3-2-4-7-17/h2-13,15H,14H2,1H3,(H,25,27). The molecule has 0 saturated heterocycles. The minimum atomic E-state index is -0.168. The molecule has 0 aliphatic carbocycles. The second-order valence-corrected chi connectivity index (χ2v) is 6.54. The molecule has 2 aromatic heterocycles. The Kier molecular flexibility index (Phi) is 5.33. The number of hydrogen-bond acceptors (Lipinski definition) is 5. The summed E-state index contributed by atoms with van der Waals surface area (Å²) in [5.74, 6) is 1.84. The number of carbonyl (C=O) groups is 1. The molecular weight excluding hydrogens is 366 g/mol. The van der Waals surface area contributed by atoms with Crippen LogP contribution in [0, 0.1) is 6.92 Å². The Bertz CT molecular complexity index is 1110. The number of pyridine rings is 1. The van der Waals surface area contributed by atoms with Crippen molar-refractivity contribution in [3.05, 3.63) is 90.4 Å². The lowest BCUT2D eigenvalue weighted by molar-refractivity contribution is -0.115. The monoisotopic (exact) mass is 385 g/mol. The predicted octanol–water partition coefficient (Wildman–Crippen LogP) is 5.02. The molecule has 0 spiro atoms. The van der Waals surface area contributed by atoms with Crippen LogP contribution in [0.1, 0.15) is 11.3 Å². The van der Waals surface area contributed by atoms with Crippen molar-refractivity contribution in [2.45, 2.75) is 13.3 Å². The van der Waals surface area contributed by atoms with E-state index in [2.05, 4.69) is 15.5 Å². The highest BCUT2D eigenvalue weighted by Crippen LogP contribution is 2.27. The van der Waals surface area contributed by atoms with Gasteiger partial charge in [-0.3, -0.25) is 9.78 Å². The van der Waals surface area contributed by atoms with Crippen molar-refractivity contribution >= 4 is 11.6 Å². The summed E-state index contributed by atoms with van der Waals surface area (Å²) in [6.45, 7) is 1.92. The van der Waals surface area contributed by atoms with Gasteiger partial charge in [-0.1, -0.05) is 35.5 Å². The Labute approximate surface area is 168 Å². The van der Waals surface area contributed by atoms with Crippen LogP contribution in [-0.2, 0) is 11.2 Å². The Morgan fingerprint density at radius 1 is 1.07 bits per heavy atom. The van der Waals surface area contributed by atoms with Gasteiger partial charge in [-0.15, -0.1) is 0 Å². The molecule has 0 bridgehead atoms. The van der Waals surface area contributed by atoms with Crippen molar-refractivity contribution in [2.24, 2.45) is 0 Å². The lowest BCUT2D eigenvalue weighted by Gasteiger charge is -2.10. The fourth-order valence-electron chi connectivity index (χ4n) is 2.88. The van der Waals surface area contributed by atoms with Crippen molar-refractivity contribution in [3.63, 3.8) is 0 Å². The molecule has 4 rings (SSSR count).